The normalized spacial score (nSPS) is 10.7. The Labute approximate surface area is 129 Å². The van der Waals surface area contributed by atoms with E-state index >= 15 is 0 Å². The number of carbonyl (C=O) groups excluding carboxylic acids is 3. The van der Waals surface area contributed by atoms with Gasteiger partial charge in [-0.15, -0.1) is 0 Å². The van der Waals surface area contributed by atoms with Gasteiger partial charge < -0.3 is 15.4 Å². The molecule has 0 aromatic carbocycles. The number of aromatic nitrogens is 1. The number of nitrogens with zero attached hydrogens (tertiary/aromatic N) is 1. The molecular formula is C15H21N3O4. The lowest BCUT2D eigenvalue weighted by Gasteiger charge is -2.19. The first-order valence-electron chi connectivity index (χ1n) is 6.90. The van der Waals surface area contributed by atoms with Gasteiger partial charge in [-0.3, -0.25) is 9.59 Å². The number of hydrogen-bond acceptors (Lipinski definition) is 5. The second-order valence-corrected chi connectivity index (χ2v) is 5.75. The molecule has 1 rings (SSSR count). The highest BCUT2D eigenvalue weighted by atomic mass is 16.6. The van der Waals surface area contributed by atoms with Gasteiger partial charge in [0, 0.05) is 31.1 Å². The average Bonchev–Trinajstić information content (AvgIpc) is 2.35. The molecule has 0 spiro atoms. The van der Waals surface area contributed by atoms with E-state index in [2.05, 4.69) is 15.6 Å². The van der Waals surface area contributed by atoms with Crippen molar-refractivity contribution in [1.82, 2.24) is 10.3 Å². The second-order valence-electron chi connectivity index (χ2n) is 5.75. The minimum atomic E-state index is -0.557. The molecule has 0 aliphatic carbocycles. The number of aldehydes is 1. The maximum Gasteiger partial charge on any atom is 0.407 e. The highest BCUT2D eigenvalue weighted by molar-refractivity contribution is 5.88. The summed E-state index contributed by atoms with van der Waals surface area (Å²) in [5.41, 5.74) is 0.439. The summed E-state index contributed by atoms with van der Waals surface area (Å²) >= 11 is 0. The number of alkyl carbamates (subject to hydrolysis) is 1. The van der Waals surface area contributed by atoms with Crippen molar-refractivity contribution in [2.75, 3.05) is 11.9 Å². The summed E-state index contributed by atoms with van der Waals surface area (Å²) in [4.78, 5) is 37.7. The summed E-state index contributed by atoms with van der Waals surface area (Å²) < 4.78 is 5.11. The summed E-state index contributed by atoms with van der Waals surface area (Å²) in [6.45, 7) is 7.01. The molecular weight excluding hydrogens is 286 g/mol. The lowest BCUT2D eigenvalue weighted by molar-refractivity contribution is -0.114. The Hall–Kier alpha value is -2.44. The molecule has 0 radical (unpaired) electrons. The van der Waals surface area contributed by atoms with E-state index in [0.717, 1.165) is 0 Å². The van der Waals surface area contributed by atoms with Crippen LogP contribution in [0.3, 0.4) is 0 Å². The number of amides is 2. The van der Waals surface area contributed by atoms with Crippen LogP contribution in [0.5, 0.6) is 0 Å². The molecule has 0 aliphatic rings. The maximum absolute atomic E-state index is 11.5. The zero-order valence-electron chi connectivity index (χ0n) is 13.2. The van der Waals surface area contributed by atoms with Crippen LogP contribution in [0, 0.1) is 0 Å². The van der Waals surface area contributed by atoms with Crippen LogP contribution in [-0.2, 0) is 16.0 Å². The minimum absolute atomic E-state index is 0.270. The molecule has 0 aliphatic heterocycles. The predicted molar refractivity (Wildman–Crippen MR) is 81.9 cm³/mol. The second kappa shape index (κ2) is 7.53. The van der Waals surface area contributed by atoms with E-state index in [9.17, 15) is 14.4 Å². The Bertz CT molecular complexity index is 564. The number of carbonyl (C=O) groups is 3. The maximum atomic E-state index is 11.5. The quantitative estimate of drug-likeness (QED) is 0.810. The van der Waals surface area contributed by atoms with Crippen LogP contribution in [-0.4, -0.2) is 35.4 Å². The van der Waals surface area contributed by atoms with Crippen molar-refractivity contribution in [2.24, 2.45) is 0 Å². The van der Waals surface area contributed by atoms with Gasteiger partial charge in [-0.2, -0.15) is 0 Å². The third-order valence-electron chi connectivity index (χ3n) is 2.39. The molecule has 1 heterocycles. The van der Waals surface area contributed by atoms with Crippen LogP contribution in [0.1, 0.15) is 43.7 Å². The van der Waals surface area contributed by atoms with E-state index in [0.29, 0.717) is 36.3 Å². The summed E-state index contributed by atoms with van der Waals surface area (Å²) in [5, 5.41) is 5.14. The van der Waals surface area contributed by atoms with E-state index in [4.69, 9.17) is 4.74 Å². The van der Waals surface area contributed by atoms with Gasteiger partial charge in [0.05, 0.1) is 0 Å². The van der Waals surface area contributed by atoms with Gasteiger partial charge in [0.15, 0.2) is 0 Å². The van der Waals surface area contributed by atoms with Gasteiger partial charge in [0.25, 0.3) is 0 Å². The van der Waals surface area contributed by atoms with Crippen LogP contribution in [0.4, 0.5) is 10.6 Å². The van der Waals surface area contributed by atoms with Gasteiger partial charge in [-0.05, 0) is 32.9 Å². The first-order valence-corrected chi connectivity index (χ1v) is 6.90. The summed E-state index contributed by atoms with van der Waals surface area (Å²) in [6.07, 6.45) is 0.576. The number of ether oxygens (including phenoxy) is 1. The highest BCUT2D eigenvalue weighted by Crippen LogP contribution is 2.10. The highest BCUT2D eigenvalue weighted by Gasteiger charge is 2.15. The van der Waals surface area contributed by atoms with Gasteiger partial charge in [-0.1, -0.05) is 0 Å². The van der Waals surface area contributed by atoms with Gasteiger partial charge in [-0.25, -0.2) is 9.78 Å². The fraction of sp³-hybridized carbons (Fsp3) is 0.467. The first kappa shape index (κ1) is 17.6. The van der Waals surface area contributed by atoms with Crippen molar-refractivity contribution in [1.29, 1.82) is 0 Å². The molecule has 2 N–H and O–H groups in total. The van der Waals surface area contributed by atoms with Crippen LogP contribution >= 0.6 is 0 Å². The number of nitrogens with one attached hydrogen (secondary N) is 2. The molecule has 1 aromatic rings. The fourth-order valence-electron chi connectivity index (χ4n) is 1.66. The summed E-state index contributed by atoms with van der Waals surface area (Å²) in [7, 11) is 0. The number of anilines is 1. The van der Waals surface area contributed by atoms with Crippen LogP contribution in [0.2, 0.25) is 0 Å². The van der Waals surface area contributed by atoms with E-state index in [-0.39, 0.29) is 5.91 Å². The topological polar surface area (TPSA) is 97.4 Å². The molecule has 1 aromatic heterocycles. The number of pyridine rings is 1. The average molecular weight is 307 g/mol. The molecule has 22 heavy (non-hydrogen) atoms. The third-order valence-corrected chi connectivity index (χ3v) is 2.39. The molecule has 0 saturated heterocycles. The zero-order chi connectivity index (χ0) is 16.8. The zero-order valence-corrected chi connectivity index (χ0v) is 13.2. The molecule has 0 unspecified atom stereocenters. The predicted octanol–water partition coefficient (Wildman–Crippen LogP) is 1.92. The summed E-state index contributed by atoms with van der Waals surface area (Å²) in [6, 6.07) is 3.09. The standard InChI is InChI=1S/C15H21N3O4/c1-10(20)17-13-8-11(9-19)7-12(18-13)5-6-16-14(21)22-15(2,3)4/h7-9H,5-6H2,1-4H3,(H,16,21)(H,17,18,20). The van der Waals surface area contributed by atoms with Gasteiger partial charge >= 0.3 is 6.09 Å². The van der Waals surface area contributed by atoms with Crippen molar-refractivity contribution >= 4 is 24.1 Å². The molecule has 0 fully saturated rings. The molecule has 0 saturated carbocycles. The molecule has 7 heteroatoms. The van der Waals surface area contributed by atoms with Crippen molar-refractivity contribution in [3.05, 3.63) is 23.4 Å². The van der Waals surface area contributed by atoms with Crippen LogP contribution in [0.25, 0.3) is 0 Å². The van der Waals surface area contributed by atoms with Crippen molar-refractivity contribution in [3.8, 4) is 0 Å². The van der Waals surface area contributed by atoms with E-state index < -0.39 is 11.7 Å². The SMILES string of the molecule is CC(=O)Nc1cc(C=O)cc(CCNC(=O)OC(C)(C)C)n1. The van der Waals surface area contributed by atoms with Crippen molar-refractivity contribution in [2.45, 2.75) is 39.7 Å². The van der Waals surface area contributed by atoms with E-state index in [1.807, 2.05) is 0 Å². The molecule has 7 nitrogen and oxygen atoms in total. The molecule has 120 valence electrons. The third kappa shape index (κ3) is 6.83. The lowest BCUT2D eigenvalue weighted by Crippen LogP contribution is -2.33. The van der Waals surface area contributed by atoms with Gasteiger partial charge in [0.2, 0.25) is 5.91 Å². The Morgan fingerprint density at radius 3 is 2.55 bits per heavy atom. The largest absolute Gasteiger partial charge is 0.444 e. The smallest absolute Gasteiger partial charge is 0.407 e. The van der Waals surface area contributed by atoms with E-state index in [1.54, 1.807) is 26.8 Å². The Morgan fingerprint density at radius 2 is 2.00 bits per heavy atom. The Kier molecular flexibility index (Phi) is 6.03. The van der Waals surface area contributed by atoms with Crippen molar-refractivity contribution in [3.63, 3.8) is 0 Å². The molecule has 0 atom stereocenters. The lowest BCUT2D eigenvalue weighted by atomic mass is 10.2. The summed E-state index contributed by atoms with van der Waals surface area (Å²) in [5.74, 6) is 0.0396. The Balaban J connectivity index is 2.63. The fourth-order valence-corrected chi connectivity index (χ4v) is 1.66. The monoisotopic (exact) mass is 307 g/mol. The van der Waals surface area contributed by atoms with Crippen LogP contribution in [0.15, 0.2) is 12.1 Å². The Morgan fingerprint density at radius 1 is 1.32 bits per heavy atom. The van der Waals surface area contributed by atoms with Gasteiger partial charge in [0.1, 0.15) is 17.7 Å². The van der Waals surface area contributed by atoms with Crippen molar-refractivity contribution < 1.29 is 19.1 Å². The first-order chi connectivity index (χ1) is 10.2. The van der Waals surface area contributed by atoms with E-state index in [1.165, 1.54) is 13.0 Å². The molecule has 0 bridgehead atoms. The minimum Gasteiger partial charge on any atom is -0.444 e. The molecule has 2 amide bonds. The van der Waals surface area contributed by atoms with Crippen LogP contribution < -0.4 is 10.6 Å². The number of rotatable bonds is 5. The number of hydrogen-bond donors (Lipinski definition) is 2.